The molecule has 0 aliphatic carbocycles. The maximum absolute atomic E-state index is 13.1. The summed E-state index contributed by atoms with van der Waals surface area (Å²) in [7, 11) is 0. The monoisotopic (exact) mass is 428 g/mol. The van der Waals surface area contributed by atoms with Crippen LogP contribution in [-0.2, 0) is 11.3 Å². The van der Waals surface area contributed by atoms with Gasteiger partial charge in [-0.15, -0.1) is 0 Å². The number of carbonyl (C=O) groups is 1. The molecule has 6 nitrogen and oxygen atoms in total. The van der Waals surface area contributed by atoms with Crippen molar-refractivity contribution >= 4 is 46.2 Å². The molecule has 2 aliphatic rings. The molecule has 148 valence electrons. The number of carbonyl (C=O) groups excluding carboxylic acids is 1. The van der Waals surface area contributed by atoms with Crippen molar-refractivity contribution in [1.82, 2.24) is 9.88 Å². The molecule has 0 atom stereocenters. The highest BCUT2D eigenvalue weighted by Crippen LogP contribution is 2.34. The third-order valence-corrected chi connectivity index (χ3v) is 6.13. The van der Waals surface area contributed by atoms with Crippen LogP contribution in [0, 0.1) is 17.1 Å². The number of nitrogens with zero attached hydrogens (tertiary/aromatic N) is 4. The Morgan fingerprint density at radius 1 is 1.28 bits per heavy atom. The van der Waals surface area contributed by atoms with E-state index in [1.807, 2.05) is 4.90 Å². The van der Waals surface area contributed by atoms with Crippen molar-refractivity contribution in [1.29, 1.82) is 5.26 Å². The predicted octanol–water partition coefficient (Wildman–Crippen LogP) is 4.08. The number of anilines is 1. The minimum atomic E-state index is -0.333. The smallest absolute Gasteiger partial charge is 0.266 e. The van der Waals surface area contributed by atoms with E-state index in [0.717, 1.165) is 49.7 Å². The lowest BCUT2D eigenvalue weighted by Crippen LogP contribution is -2.29. The topological polar surface area (TPSA) is 73.4 Å². The Balaban J connectivity index is 1.54. The van der Waals surface area contributed by atoms with Crippen LogP contribution in [-0.4, -0.2) is 33.2 Å². The fourth-order valence-electron chi connectivity index (χ4n) is 3.29. The molecule has 3 heterocycles. The first-order valence-corrected chi connectivity index (χ1v) is 10.4. The number of rotatable bonds is 4. The summed E-state index contributed by atoms with van der Waals surface area (Å²) in [5.41, 5.74) is 0.999. The zero-order chi connectivity index (χ0) is 20.4. The van der Waals surface area contributed by atoms with Crippen molar-refractivity contribution in [2.24, 2.45) is 0 Å². The van der Waals surface area contributed by atoms with Crippen LogP contribution in [0.2, 0.25) is 0 Å². The van der Waals surface area contributed by atoms with Gasteiger partial charge < -0.3 is 9.32 Å². The number of hydrogen-bond acceptors (Lipinski definition) is 7. The van der Waals surface area contributed by atoms with Gasteiger partial charge in [0.05, 0.1) is 11.4 Å². The van der Waals surface area contributed by atoms with Crippen molar-refractivity contribution in [3.8, 4) is 6.07 Å². The summed E-state index contributed by atoms with van der Waals surface area (Å²) in [5, 5.41) is 9.40. The molecule has 0 spiro atoms. The summed E-state index contributed by atoms with van der Waals surface area (Å²) in [4.78, 5) is 20.9. The molecule has 4 rings (SSSR count). The van der Waals surface area contributed by atoms with E-state index in [1.165, 1.54) is 23.1 Å². The molecule has 2 saturated heterocycles. The molecule has 1 amide bonds. The van der Waals surface area contributed by atoms with E-state index in [1.54, 1.807) is 12.1 Å². The summed E-state index contributed by atoms with van der Waals surface area (Å²) < 4.78 is 19.3. The average Bonchev–Trinajstić information content (AvgIpc) is 3.26. The van der Waals surface area contributed by atoms with Gasteiger partial charge in [-0.3, -0.25) is 9.69 Å². The quantitative estimate of drug-likeness (QED) is 0.537. The molecule has 2 aromatic rings. The Bertz CT molecular complexity index is 1020. The Morgan fingerprint density at radius 2 is 2.00 bits per heavy atom. The van der Waals surface area contributed by atoms with Gasteiger partial charge in [0.1, 0.15) is 16.2 Å². The molecular formula is C20H17FN4O2S2. The Morgan fingerprint density at radius 3 is 2.69 bits per heavy atom. The maximum Gasteiger partial charge on any atom is 0.266 e. The van der Waals surface area contributed by atoms with Gasteiger partial charge in [-0.05, 0) is 37.0 Å². The third kappa shape index (κ3) is 4.18. The number of oxazole rings is 1. The van der Waals surface area contributed by atoms with Gasteiger partial charge in [0.2, 0.25) is 17.5 Å². The second-order valence-corrected chi connectivity index (χ2v) is 8.44. The molecule has 0 bridgehead atoms. The summed E-state index contributed by atoms with van der Waals surface area (Å²) >= 11 is 6.49. The number of thiocarbonyl (C=S) groups is 1. The minimum Gasteiger partial charge on any atom is -0.420 e. The third-order valence-electron chi connectivity index (χ3n) is 4.76. The summed E-state index contributed by atoms with van der Waals surface area (Å²) in [6.07, 6.45) is 4.78. The molecule has 0 N–H and O–H groups in total. The van der Waals surface area contributed by atoms with Crippen LogP contribution >= 0.6 is 24.0 Å². The van der Waals surface area contributed by atoms with E-state index in [0.29, 0.717) is 15.1 Å². The van der Waals surface area contributed by atoms with Crippen LogP contribution < -0.4 is 4.90 Å². The number of halogens is 1. The average molecular weight is 429 g/mol. The predicted molar refractivity (Wildman–Crippen MR) is 112 cm³/mol. The van der Waals surface area contributed by atoms with Gasteiger partial charge in [-0.1, -0.05) is 36.1 Å². The van der Waals surface area contributed by atoms with E-state index in [4.69, 9.17) is 16.6 Å². The Hall–Kier alpha value is -2.70. The molecule has 0 radical (unpaired) electrons. The number of aromatic nitrogens is 1. The molecule has 0 unspecified atom stereocenters. The number of thioether (sulfide) groups is 1. The highest BCUT2D eigenvalue weighted by atomic mass is 32.2. The molecule has 2 fully saturated rings. The van der Waals surface area contributed by atoms with Gasteiger partial charge in [-0.2, -0.15) is 10.2 Å². The van der Waals surface area contributed by atoms with E-state index in [-0.39, 0.29) is 29.9 Å². The Kier molecular flexibility index (Phi) is 5.65. The molecule has 1 aromatic carbocycles. The highest BCUT2D eigenvalue weighted by molar-refractivity contribution is 8.26. The second kappa shape index (κ2) is 8.35. The number of amides is 1. The van der Waals surface area contributed by atoms with Crippen LogP contribution in [0.15, 0.2) is 33.6 Å². The van der Waals surface area contributed by atoms with E-state index in [9.17, 15) is 14.4 Å². The number of hydrogen-bond donors (Lipinski definition) is 0. The molecule has 2 aliphatic heterocycles. The van der Waals surface area contributed by atoms with Crippen LogP contribution in [0.3, 0.4) is 0 Å². The molecule has 29 heavy (non-hydrogen) atoms. The molecule has 1 aromatic heterocycles. The second-order valence-electron chi connectivity index (χ2n) is 6.76. The highest BCUT2D eigenvalue weighted by Gasteiger charge is 2.33. The summed E-state index contributed by atoms with van der Waals surface area (Å²) in [5.74, 6) is 0.0749. The first kappa shape index (κ1) is 19.6. The van der Waals surface area contributed by atoms with E-state index >= 15 is 0 Å². The molecular weight excluding hydrogens is 411 g/mol. The van der Waals surface area contributed by atoms with Crippen molar-refractivity contribution in [3.63, 3.8) is 0 Å². The van der Waals surface area contributed by atoms with Crippen molar-refractivity contribution in [2.45, 2.75) is 25.8 Å². The van der Waals surface area contributed by atoms with Gasteiger partial charge >= 0.3 is 0 Å². The van der Waals surface area contributed by atoms with Crippen molar-refractivity contribution in [2.75, 3.05) is 18.0 Å². The largest absolute Gasteiger partial charge is 0.420 e. The number of benzene rings is 1. The summed E-state index contributed by atoms with van der Waals surface area (Å²) in [6.45, 7) is 1.91. The van der Waals surface area contributed by atoms with Crippen LogP contribution in [0.4, 0.5) is 10.3 Å². The first-order valence-electron chi connectivity index (χ1n) is 9.21. The number of nitriles is 1. The standard InChI is InChI=1S/C20H17FN4O2S2/c21-14-6-4-13(5-7-14)12-25-18(26)16(29-20(25)28)10-17-23-15(11-22)19(27-17)24-8-2-1-3-9-24/h4-7,10H,1-3,8-9,12H2/b16-10+. The SMILES string of the molecule is N#Cc1nc(/C=C2/SC(=S)N(Cc3ccc(F)cc3)C2=O)oc1N1CCCCC1. The Labute approximate surface area is 177 Å². The maximum atomic E-state index is 13.1. The van der Waals surface area contributed by atoms with Gasteiger partial charge in [0.15, 0.2) is 0 Å². The number of piperidine rings is 1. The lowest BCUT2D eigenvalue weighted by Gasteiger charge is -2.25. The molecule has 9 heteroatoms. The van der Waals surface area contributed by atoms with E-state index < -0.39 is 0 Å². The lowest BCUT2D eigenvalue weighted by molar-refractivity contribution is -0.122. The summed E-state index contributed by atoms with van der Waals surface area (Å²) in [6, 6.07) is 8.01. The van der Waals surface area contributed by atoms with Crippen molar-refractivity contribution in [3.05, 3.63) is 52.1 Å². The van der Waals surface area contributed by atoms with Crippen LogP contribution in [0.5, 0.6) is 0 Å². The van der Waals surface area contributed by atoms with Gasteiger partial charge in [0, 0.05) is 19.2 Å². The fourth-order valence-corrected chi connectivity index (χ4v) is 4.51. The molecule has 0 saturated carbocycles. The fraction of sp³-hybridized carbons (Fsp3) is 0.300. The normalized spacial score (nSPS) is 18.6. The lowest BCUT2D eigenvalue weighted by atomic mass is 10.1. The van der Waals surface area contributed by atoms with Crippen molar-refractivity contribution < 1.29 is 13.6 Å². The van der Waals surface area contributed by atoms with Gasteiger partial charge in [0.25, 0.3) is 5.91 Å². The van der Waals surface area contributed by atoms with E-state index in [2.05, 4.69) is 11.1 Å². The van der Waals surface area contributed by atoms with Crippen LogP contribution in [0.25, 0.3) is 6.08 Å². The minimum absolute atomic E-state index is 0.212. The van der Waals surface area contributed by atoms with Gasteiger partial charge in [-0.25, -0.2) is 4.39 Å². The zero-order valence-corrected chi connectivity index (χ0v) is 17.1. The van der Waals surface area contributed by atoms with Crippen LogP contribution in [0.1, 0.15) is 36.4 Å². The zero-order valence-electron chi connectivity index (χ0n) is 15.4. The first-order chi connectivity index (χ1) is 14.0.